The minimum absolute atomic E-state index is 0.129. The number of hydrogen-bond acceptors (Lipinski definition) is 4. The molecule has 0 atom stereocenters. The molecule has 0 aliphatic heterocycles. The van der Waals surface area contributed by atoms with E-state index in [0.29, 0.717) is 33.7 Å². The van der Waals surface area contributed by atoms with Crippen LogP contribution in [0.25, 0.3) is 10.9 Å². The molecule has 3 rings (SSSR count). The molecule has 7 heteroatoms. The van der Waals surface area contributed by atoms with Crippen molar-refractivity contribution < 1.29 is 18.7 Å². The van der Waals surface area contributed by atoms with Crippen molar-refractivity contribution in [3.05, 3.63) is 74.3 Å². The van der Waals surface area contributed by atoms with Crippen LogP contribution in [-0.2, 0) is 23.0 Å². The monoisotopic (exact) mass is 403 g/mol. The lowest BCUT2D eigenvalue weighted by molar-refractivity contribution is -0.142. The van der Waals surface area contributed by atoms with Crippen LogP contribution in [0.2, 0.25) is 5.02 Å². The van der Waals surface area contributed by atoms with Crippen molar-refractivity contribution >= 4 is 28.5 Å². The van der Waals surface area contributed by atoms with Gasteiger partial charge in [-0.25, -0.2) is 9.18 Å². The predicted octanol–water partition coefficient (Wildman–Crippen LogP) is 3.78. The molecule has 2 aromatic carbocycles. The molecule has 1 heterocycles. The number of fused-ring (bicyclic) bond motifs is 1. The Balaban J connectivity index is 2.18. The van der Waals surface area contributed by atoms with Crippen LogP contribution in [0, 0.1) is 12.7 Å². The molecule has 3 aromatic rings. The smallest absolute Gasteiger partial charge is 0.343 e. The second-order valence-corrected chi connectivity index (χ2v) is 6.84. The van der Waals surface area contributed by atoms with Gasteiger partial charge < -0.3 is 14.0 Å². The van der Waals surface area contributed by atoms with Crippen molar-refractivity contribution in [2.45, 2.75) is 13.3 Å². The maximum atomic E-state index is 14.5. The molecule has 28 heavy (non-hydrogen) atoms. The van der Waals surface area contributed by atoms with Gasteiger partial charge in [0, 0.05) is 29.4 Å². The van der Waals surface area contributed by atoms with Gasteiger partial charge in [0.25, 0.3) is 5.56 Å². The number of esters is 1. The molecule has 0 spiro atoms. The molecule has 146 valence electrons. The van der Waals surface area contributed by atoms with Gasteiger partial charge in [-0.1, -0.05) is 23.7 Å². The molecule has 0 aliphatic rings. The van der Waals surface area contributed by atoms with Crippen molar-refractivity contribution in [3.63, 3.8) is 0 Å². The summed E-state index contributed by atoms with van der Waals surface area (Å²) in [5, 5.41) is 1.06. The van der Waals surface area contributed by atoms with E-state index in [1.54, 1.807) is 19.1 Å². The van der Waals surface area contributed by atoms with Crippen LogP contribution in [-0.4, -0.2) is 24.3 Å². The molecule has 0 N–H and O–H groups in total. The first kappa shape index (κ1) is 19.9. The molecule has 5 nitrogen and oxygen atoms in total. The highest BCUT2D eigenvalue weighted by Gasteiger charge is 2.19. The summed E-state index contributed by atoms with van der Waals surface area (Å²) in [4.78, 5) is 24.3. The molecule has 0 radical (unpaired) electrons. The molecule has 0 saturated carbocycles. The van der Waals surface area contributed by atoms with Crippen molar-refractivity contribution in [2.24, 2.45) is 7.05 Å². The largest absolute Gasteiger partial charge is 0.481 e. The lowest BCUT2D eigenvalue weighted by Gasteiger charge is -2.17. The third kappa shape index (κ3) is 3.73. The van der Waals surface area contributed by atoms with E-state index in [0.717, 1.165) is 5.56 Å². The van der Waals surface area contributed by atoms with Crippen LogP contribution in [0.15, 0.2) is 41.2 Å². The van der Waals surface area contributed by atoms with E-state index in [1.165, 1.54) is 30.9 Å². The summed E-state index contributed by atoms with van der Waals surface area (Å²) in [5.74, 6) is -0.783. The van der Waals surface area contributed by atoms with E-state index in [1.807, 2.05) is 12.1 Å². The molecule has 0 bridgehead atoms. The number of nitrogens with zero attached hydrogens (tertiary/aromatic N) is 1. The Morgan fingerprint density at radius 2 is 1.86 bits per heavy atom. The van der Waals surface area contributed by atoms with Gasteiger partial charge in [0.15, 0.2) is 6.61 Å². The minimum atomic E-state index is -0.554. The van der Waals surface area contributed by atoms with E-state index < -0.39 is 11.8 Å². The highest BCUT2D eigenvalue weighted by Crippen LogP contribution is 2.31. The van der Waals surface area contributed by atoms with Crippen LogP contribution in [0.4, 0.5) is 4.39 Å². The SMILES string of the molecule is COC(=O)COc1ccc(F)c2c1c(C)c(Cc1ccc(Cl)cc1)c(=O)n2C. The summed E-state index contributed by atoms with van der Waals surface area (Å²) in [6, 6.07) is 9.85. The highest BCUT2D eigenvalue weighted by molar-refractivity contribution is 6.30. The van der Waals surface area contributed by atoms with Crippen LogP contribution in [0.3, 0.4) is 0 Å². The summed E-state index contributed by atoms with van der Waals surface area (Å²) in [6.07, 6.45) is 0.360. The average molecular weight is 404 g/mol. The molecular formula is C21H19ClFNO4. The number of aromatic nitrogens is 1. The maximum Gasteiger partial charge on any atom is 0.343 e. The minimum Gasteiger partial charge on any atom is -0.481 e. The number of methoxy groups -OCH3 is 1. The summed E-state index contributed by atoms with van der Waals surface area (Å²) < 4.78 is 25.9. The van der Waals surface area contributed by atoms with E-state index in [4.69, 9.17) is 16.3 Å². The maximum absolute atomic E-state index is 14.5. The normalized spacial score (nSPS) is 10.9. The Morgan fingerprint density at radius 3 is 2.50 bits per heavy atom. The Morgan fingerprint density at radius 1 is 1.18 bits per heavy atom. The van der Waals surface area contributed by atoms with E-state index in [9.17, 15) is 14.0 Å². The second-order valence-electron chi connectivity index (χ2n) is 6.40. The van der Waals surface area contributed by atoms with Gasteiger partial charge in [-0.15, -0.1) is 0 Å². The zero-order valence-corrected chi connectivity index (χ0v) is 16.5. The number of carbonyl (C=O) groups is 1. The summed E-state index contributed by atoms with van der Waals surface area (Å²) in [7, 11) is 2.77. The third-order valence-corrected chi connectivity index (χ3v) is 4.94. The van der Waals surface area contributed by atoms with Gasteiger partial charge in [0.2, 0.25) is 0 Å². The number of hydrogen-bond donors (Lipinski definition) is 0. The molecule has 1 aromatic heterocycles. The average Bonchev–Trinajstić information content (AvgIpc) is 2.69. The first-order chi connectivity index (χ1) is 13.3. The number of carbonyl (C=O) groups excluding carboxylic acids is 1. The quantitative estimate of drug-likeness (QED) is 0.608. The predicted molar refractivity (Wildman–Crippen MR) is 106 cm³/mol. The van der Waals surface area contributed by atoms with Crippen molar-refractivity contribution in [3.8, 4) is 5.75 Å². The second kappa shape index (κ2) is 8.02. The first-order valence-corrected chi connectivity index (χ1v) is 8.96. The van der Waals surface area contributed by atoms with Gasteiger partial charge in [-0.05, 0) is 42.3 Å². The van der Waals surface area contributed by atoms with Crippen LogP contribution < -0.4 is 10.3 Å². The van der Waals surface area contributed by atoms with Crippen LogP contribution in [0.1, 0.15) is 16.7 Å². The van der Waals surface area contributed by atoms with Crippen molar-refractivity contribution in [1.29, 1.82) is 0 Å². The lowest BCUT2D eigenvalue weighted by Crippen LogP contribution is -2.24. The molecule has 0 amide bonds. The number of aryl methyl sites for hydroxylation is 2. The fourth-order valence-electron chi connectivity index (χ4n) is 3.18. The number of pyridine rings is 1. The zero-order chi connectivity index (χ0) is 20.4. The first-order valence-electron chi connectivity index (χ1n) is 8.58. The third-order valence-electron chi connectivity index (χ3n) is 4.68. The fourth-order valence-corrected chi connectivity index (χ4v) is 3.31. The van der Waals surface area contributed by atoms with Crippen LogP contribution >= 0.6 is 11.6 Å². The Labute approximate surface area is 166 Å². The van der Waals surface area contributed by atoms with Gasteiger partial charge >= 0.3 is 5.97 Å². The fraction of sp³-hybridized carbons (Fsp3) is 0.238. The Kier molecular flexibility index (Phi) is 5.70. The lowest BCUT2D eigenvalue weighted by atomic mass is 9.97. The Hall–Kier alpha value is -2.86. The zero-order valence-electron chi connectivity index (χ0n) is 15.7. The van der Waals surface area contributed by atoms with E-state index in [-0.39, 0.29) is 17.7 Å². The Bertz CT molecular complexity index is 1110. The molecule has 0 aliphatic carbocycles. The summed E-state index contributed by atoms with van der Waals surface area (Å²) in [6.45, 7) is 1.44. The standard InChI is InChI=1S/C21H19ClFNO4/c1-12-15(10-13-4-6-14(22)7-5-13)21(26)24(2)20-16(23)8-9-17(19(12)20)28-11-18(25)27-3/h4-9H,10-11H2,1-3H3. The topological polar surface area (TPSA) is 57.5 Å². The molecular weight excluding hydrogens is 385 g/mol. The molecule has 0 unspecified atom stereocenters. The molecule has 0 fully saturated rings. The summed E-state index contributed by atoms with van der Waals surface area (Å²) in [5.41, 5.74) is 1.87. The number of benzene rings is 2. The van der Waals surface area contributed by atoms with Crippen molar-refractivity contribution in [2.75, 3.05) is 13.7 Å². The van der Waals surface area contributed by atoms with Gasteiger partial charge in [0.05, 0.1) is 12.6 Å². The van der Waals surface area contributed by atoms with Gasteiger partial charge in [0.1, 0.15) is 11.6 Å². The van der Waals surface area contributed by atoms with E-state index >= 15 is 0 Å². The number of halogens is 2. The highest BCUT2D eigenvalue weighted by atomic mass is 35.5. The van der Waals surface area contributed by atoms with Gasteiger partial charge in [-0.3, -0.25) is 4.79 Å². The number of rotatable bonds is 5. The van der Waals surface area contributed by atoms with E-state index in [2.05, 4.69) is 4.74 Å². The summed E-state index contributed by atoms with van der Waals surface area (Å²) >= 11 is 5.93. The van der Waals surface area contributed by atoms with Crippen molar-refractivity contribution in [1.82, 2.24) is 4.57 Å². The number of ether oxygens (including phenoxy) is 2. The molecule has 0 saturated heterocycles. The van der Waals surface area contributed by atoms with Crippen LogP contribution in [0.5, 0.6) is 5.75 Å². The van der Waals surface area contributed by atoms with Gasteiger partial charge in [-0.2, -0.15) is 0 Å².